The number of hydrogen-bond donors (Lipinski definition) is 1. The second-order valence-corrected chi connectivity index (χ2v) is 10.5. The molecule has 11 nitrogen and oxygen atoms in total. The van der Waals surface area contributed by atoms with E-state index in [0.29, 0.717) is 12.2 Å². The Balaban J connectivity index is 0. The predicted molar refractivity (Wildman–Crippen MR) is 138 cm³/mol. The van der Waals surface area contributed by atoms with Gasteiger partial charge in [0, 0.05) is 12.1 Å². The van der Waals surface area contributed by atoms with Crippen molar-refractivity contribution < 1.29 is 104 Å². The summed E-state index contributed by atoms with van der Waals surface area (Å²) in [5.41, 5.74) is 1.63. The smallest absolute Gasteiger partial charge is 0.744 e. The molecule has 0 fully saturated rings. The maximum Gasteiger partial charge on any atom is 1.00 e. The van der Waals surface area contributed by atoms with Crippen molar-refractivity contribution in [3.63, 3.8) is 0 Å². The first-order valence-corrected chi connectivity index (χ1v) is 13.7. The van der Waals surface area contributed by atoms with Gasteiger partial charge >= 0.3 is 81.8 Å². The molecule has 2 rings (SSSR count). The number of carbonyl (C=O) groups is 2. The van der Waals surface area contributed by atoms with E-state index in [1.165, 1.54) is 18.2 Å². The standard InChI is InChI=1S/C25H30NO7S.2Na.O3S/c1-17(2)15-32-24(27)13-20-7-5-19(6-8-20)9-10-21-11-12-22(14-23(21)34(29,30)31)26-25(28)33-16-18(3)4;;;1-4(2)3/h5,7-12,14,17-18H,13,15-16H2,1-4H3,(H,26,28)(H,29,30,31);;;/q-1;2*+1;/p-1/b10-9+;;;. The molecule has 0 spiro atoms. The molecule has 0 saturated heterocycles. The van der Waals surface area contributed by atoms with Crippen molar-refractivity contribution in [3.05, 3.63) is 59.2 Å². The zero-order chi connectivity index (χ0) is 28.9. The van der Waals surface area contributed by atoms with Gasteiger partial charge in [-0.2, -0.15) is 5.56 Å². The SMILES string of the molecule is CC(C)COC(=O)Cc1c[c-]c(/C=C/c2ccc(NC(=O)OCC(C)C)cc2S(=O)(=O)[O-])cc1.O=S(=O)=O.[Na+].[Na+]. The zero-order valence-corrected chi connectivity index (χ0v) is 28.9. The largest absolute Gasteiger partial charge is 1.00 e. The molecule has 15 heteroatoms. The molecule has 0 radical (unpaired) electrons. The van der Waals surface area contributed by atoms with Crippen molar-refractivity contribution in [2.24, 2.45) is 11.8 Å². The molecule has 0 aliphatic carbocycles. The van der Waals surface area contributed by atoms with Gasteiger partial charge in [-0.05, 0) is 29.5 Å². The van der Waals surface area contributed by atoms with Gasteiger partial charge in [-0.25, -0.2) is 13.2 Å². The van der Waals surface area contributed by atoms with Gasteiger partial charge in [-0.1, -0.05) is 39.8 Å². The fraction of sp³-hybridized carbons (Fsp3) is 0.360. The third kappa shape index (κ3) is 18.0. The van der Waals surface area contributed by atoms with E-state index in [-0.39, 0.29) is 101 Å². The Morgan fingerprint density at radius 2 is 1.55 bits per heavy atom. The molecule has 0 unspecified atom stereocenters. The minimum absolute atomic E-state index is 0. The summed E-state index contributed by atoms with van der Waals surface area (Å²) in [5, 5.41) is 2.42. The van der Waals surface area contributed by atoms with Crippen molar-refractivity contribution in [1.29, 1.82) is 0 Å². The average molecular weight is 614 g/mol. The number of rotatable bonds is 10. The van der Waals surface area contributed by atoms with E-state index in [1.54, 1.807) is 24.3 Å². The van der Waals surface area contributed by atoms with Crippen molar-refractivity contribution in [2.45, 2.75) is 39.0 Å². The second kappa shape index (κ2) is 20.3. The molecule has 208 valence electrons. The number of carbonyl (C=O) groups excluding carboxylic acids is 2. The molecule has 0 atom stereocenters. The number of benzene rings is 2. The first-order valence-electron chi connectivity index (χ1n) is 11.3. The van der Waals surface area contributed by atoms with Crippen LogP contribution < -0.4 is 64.4 Å². The van der Waals surface area contributed by atoms with Crippen LogP contribution in [0.4, 0.5) is 10.5 Å². The Bertz CT molecular complexity index is 1340. The van der Waals surface area contributed by atoms with Crippen molar-refractivity contribution in [3.8, 4) is 0 Å². The minimum Gasteiger partial charge on any atom is -0.744 e. The number of amides is 1. The Kier molecular flexibility index (Phi) is 20.6. The molecule has 2 aromatic rings. The molecule has 0 aliphatic rings. The molecule has 0 saturated carbocycles. The molecular weight excluding hydrogens is 584 g/mol. The van der Waals surface area contributed by atoms with Gasteiger partial charge < -0.3 is 14.0 Å². The summed E-state index contributed by atoms with van der Waals surface area (Å²) >= 11 is 0. The zero-order valence-electron chi connectivity index (χ0n) is 23.3. The van der Waals surface area contributed by atoms with Gasteiger partial charge in [0.15, 0.2) is 0 Å². The maximum absolute atomic E-state index is 11.8. The van der Waals surface area contributed by atoms with Crippen LogP contribution in [0.5, 0.6) is 0 Å². The quantitative estimate of drug-likeness (QED) is 0.0994. The van der Waals surface area contributed by atoms with Crippen LogP contribution in [0.15, 0.2) is 41.3 Å². The van der Waals surface area contributed by atoms with E-state index in [2.05, 4.69) is 11.4 Å². The van der Waals surface area contributed by atoms with E-state index in [0.717, 1.165) is 11.6 Å². The van der Waals surface area contributed by atoms with Crippen LogP contribution in [0.3, 0.4) is 0 Å². The van der Waals surface area contributed by atoms with Crippen LogP contribution in [0.1, 0.15) is 44.4 Å². The summed E-state index contributed by atoms with van der Waals surface area (Å²) in [6.45, 7) is 8.23. The van der Waals surface area contributed by atoms with Crippen LogP contribution in [0.25, 0.3) is 12.2 Å². The van der Waals surface area contributed by atoms with Gasteiger partial charge in [-0.3, -0.25) is 10.1 Å². The molecule has 1 amide bonds. The first-order chi connectivity index (χ1) is 17.7. The summed E-state index contributed by atoms with van der Waals surface area (Å²) in [4.78, 5) is 23.2. The van der Waals surface area contributed by atoms with E-state index in [1.807, 2.05) is 27.7 Å². The van der Waals surface area contributed by atoms with Gasteiger partial charge in [0.1, 0.15) is 10.1 Å². The normalized spacial score (nSPS) is 10.6. The minimum atomic E-state index is -4.81. The first kappa shape index (κ1) is 40.6. The van der Waals surface area contributed by atoms with Crippen molar-refractivity contribution in [2.75, 3.05) is 18.5 Å². The van der Waals surface area contributed by atoms with Gasteiger partial charge in [-0.15, -0.1) is 48.5 Å². The molecule has 0 bridgehead atoms. The number of nitrogens with one attached hydrogen (secondary N) is 1. The predicted octanol–water partition coefficient (Wildman–Crippen LogP) is -2.49. The monoisotopic (exact) mass is 613 g/mol. The van der Waals surface area contributed by atoms with Gasteiger partial charge in [0.05, 0.1) is 18.1 Å². The molecular formula is C25H29NNa2O10S2. The number of ether oxygens (including phenoxy) is 2. The van der Waals surface area contributed by atoms with E-state index in [4.69, 9.17) is 22.1 Å². The Hall–Kier alpha value is -1.55. The summed E-state index contributed by atoms with van der Waals surface area (Å²) in [6.07, 6.45) is 2.44. The number of anilines is 1. The van der Waals surface area contributed by atoms with Gasteiger partial charge in [0.25, 0.3) is 0 Å². The number of hydrogen-bond acceptors (Lipinski definition) is 10. The fourth-order valence-corrected chi connectivity index (χ4v) is 3.40. The summed E-state index contributed by atoms with van der Waals surface area (Å²) in [6, 6.07) is 12.1. The van der Waals surface area contributed by atoms with Crippen LogP contribution in [-0.4, -0.2) is 50.9 Å². The molecule has 0 aromatic heterocycles. The van der Waals surface area contributed by atoms with Crippen LogP contribution in [0, 0.1) is 17.9 Å². The van der Waals surface area contributed by atoms with Crippen LogP contribution >= 0.6 is 0 Å². The molecule has 40 heavy (non-hydrogen) atoms. The summed E-state index contributed by atoms with van der Waals surface area (Å²) < 4.78 is 70.8. The molecule has 1 N–H and O–H groups in total. The number of esters is 1. The molecule has 2 aromatic carbocycles. The van der Waals surface area contributed by atoms with Crippen molar-refractivity contribution >= 4 is 50.6 Å². The van der Waals surface area contributed by atoms with Gasteiger partial charge in [0.2, 0.25) is 0 Å². The third-order valence-electron chi connectivity index (χ3n) is 4.35. The van der Waals surface area contributed by atoms with E-state index in [9.17, 15) is 22.6 Å². The fourth-order valence-electron chi connectivity index (χ4n) is 2.70. The van der Waals surface area contributed by atoms with E-state index < -0.39 is 31.7 Å². The summed E-state index contributed by atoms with van der Waals surface area (Å²) in [5.74, 6) is 0.0762. The average Bonchev–Trinajstić information content (AvgIpc) is 2.80. The van der Waals surface area contributed by atoms with E-state index >= 15 is 0 Å². The second-order valence-electron chi connectivity index (χ2n) is 8.77. The topological polar surface area (TPSA) is 173 Å². The summed E-state index contributed by atoms with van der Waals surface area (Å²) in [7, 11) is -7.92. The van der Waals surface area contributed by atoms with Crippen molar-refractivity contribution in [1.82, 2.24) is 0 Å². The Labute approximate surface area is 280 Å². The molecule has 0 aliphatic heterocycles. The maximum atomic E-state index is 11.8. The third-order valence-corrected chi connectivity index (χ3v) is 5.24. The molecule has 0 heterocycles. The Morgan fingerprint density at radius 1 is 0.975 bits per heavy atom. The van der Waals surface area contributed by atoms with Crippen LogP contribution in [0.2, 0.25) is 0 Å². The van der Waals surface area contributed by atoms with Crippen LogP contribution in [-0.2, 0) is 41.4 Å². The Morgan fingerprint density at radius 3 is 2.05 bits per heavy atom.